The zero-order valence-corrected chi connectivity index (χ0v) is 8.61. The first-order valence-corrected chi connectivity index (χ1v) is 5.27. The molecule has 0 bridgehead atoms. The average Bonchev–Trinajstić information content (AvgIpc) is 2.32. The maximum absolute atomic E-state index is 9.69. The molecule has 0 unspecified atom stereocenters. The van der Waals surface area contributed by atoms with Crippen LogP contribution in [0, 0.1) is 0 Å². The van der Waals surface area contributed by atoms with Crippen molar-refractivity contribution < 1.29 is 5.11 Å². The van der Waals surface area contributed by atoms with E-state index in [-0.39, 0.29) is 6.10 Å². The van der Waals surface area contributed by atoms with E-state index in [0.29, 0.717) is 12.1 Å². The van der Waals surface area contributed by atoms with Gasteiger partial charge in [0.1, 0.15) is 0 Å². The highest BCUT2D eigenvalue weighted by Gasteiger charge is 2.38. The van der Waals surface area contributed by atoms with Gasteiger partial charge in [-0.25, -0.2) is 0 Å². The molecular formula is C10H20N2O. The molecule has 76 valence electrons. The highest BCUT2D eigenvalue weighted by molar-refractivity contribution is 4.95. The van der Waals surface area contributed by atoms with Crippen LogP contribution in [0.3, 0.4) is 0 Å². The summed E-state index contributed by atoms with van der Waals surface area (Å²) in [5.41, 5.74) is 0. The molecule has 2 atom stereocenters. The van der Waals surface area contributed by atoms with Gasteiger partial charge >= 0.3 is 0 Å². The summed E-state index contributed by atoms with van der Waals surface area (Å²) in [4.78, 5) is 4.71. The Morgan fingerprint density at radius 3 is 2.38 bits per heavy atom. The Bertz CT molecular complexity index is 178. The Balaban J connectivity index is 1.79. The van der Waals surface area contributed by atoms with E-state index < -0.39 is 0 Å². The van der Waals surface area contributed by atoms with E-state index >= 15 is 0 Å². The maximum Gasteiger partial charge on any atom is 0.0695 e. The summed E-state index contributed by atoms with van der Waals surface area (Å²) in [6, 6.07) is 1.18. The Hall–Kier alpha value is -0.120. The molecule has 1 aliphatic heterocycles. The molecule has 0 amide bonds. The summed E-state index contributed by atoms with van der Waals surface area (Å²) in [6.07, 6.45) is 3.35. The largest absolute Gasteiger partial charge is 0.391 e. The fourth-order valence-electron chi connectivity index (χ4n) is 2.43. The van der Waals surface area contributed by atoms with Crippen LogP contribution in [0.1, 0.15) is 19.3 Å². The Kier molecular flexibility index (Phi) is 2.58. The van der Waals surface area contributed by atoms with Gasteiger partial charge < -0.3 is 10.0 Å². The third-order valence-electron chi connectivity index (χ3n) is 3.53. The minimum Gasteiger partial charge on any atom is -0.391 e. The molecule has 1 saturated carbocycles. The lowest BCUT2D eigenvalue weighted by atomic mass is 10.0. The van der Waals surface area contributed by atoms with E-state index in [1.54, 1.807) is 0 Å². The van der Waals surface area contributed by atoms with E-state index in [4.69, 9.17) is 0 Å². The summed E-state index contributed by atoms with van der Waals surface area (Å²) in [5.74, 6) is 0. The van der Waals surface area contributed by atoms with Gasteiger partial charge in [0.2, 0.25) is 0 Å². The summed E-state index contributed by atoms with van der Waals surface area (Å²) in [7, 11) is 4.26. The van der Waals surface area contributed by atoms with Crippen molar-refractivity contribution in [2.75, 3.05) is 27.2 Å². The second-order valence-electron chi connectivity index (χ2n) is 4.64. The molecule has 0 spiro atoms. The van der Waals surface area contributed by atoms with Gasteiger partial charge in [-0.15, -0.1) is 0 Å². The first-order valence-electron chi connectivity index (χ1n) is 5.27. The van der Waals surface area contributed by atoms with Gasteiger partial charge in [0, 0.05) is 25.2 Å². The SMILES string of the molecule is CN(C)C1CN([C@@H]2CCC[C@H]2O)C1. The molecule has 1 aliphatic carbocycles. The van der Waals surface area contributed by atoms with Gasteiger partial charge in [-0.2, -0.15) is 0 Å². The monoisotopic (exact) mass is 184 g/mol. The second kappa shape index (κ2) is 3.56. The summed E-state index contributed by atoms with van der Waals surface area (Å²) in [6.45, 7) is 2.30. The van der Waals surface area contributed by atoms with Crippen molar-refractivity contribution in [2.24, 2.45) is 0 Å². The molecule has 0 aromatic heterocycles. The number of rotatable bonds is 2. The van der Waals surface area contributed by atoms with E-state index in [2.05, 4.69) is 23.9 Å². The minimum absolute atomic E-state index is 0.0527. The van der Waals surface area contributed by atoms with Gasteiger partial charge in [0.15, 0.2) is 0 Å². The molecule has 13 heavy (non-hydrogen) atoms. The van der Waals surface area contributed by atoms with Crippen LogP contribution in [0.4, 0.5) is 0 Å². The number of hydrogen-bond acceptors (Lipinski definition) is 3. The molecule has 1 N–H and O–H groups in total. The molecule has 3 heteroatoms. The fourth-order valence-corrected chi connectivity index (χ4v) is 2.43. The standard InChI is InChI=1S/C10H20N2O/c1-11(2)8-6-12(7-8)9-4-3-5-10(9)13/h8-10,13H,3-7H2,1-2H3/t9-,10-/m1/s1. The predicted molar refractivity (Wildman–Crippen MR) is 52.7 cm³/mol. The fraction of sp³-hybridized carbons (Fsp3) is 1.00. The number of nitrogens with zero attached hydrogens (tertiary/aromatic N) is 2. The van der Waals surface area contributed by atoms with Crippen LogP contribution in [-0.4, -0.2) is 60.3 Å². The van der Waals surface area contributed by atoms with Gasteiger partial charge in [0.25, 0.3) is 0 Å². The number of aliphatic hydroxyl groups excluding tert-OH is 1. The topological polar surface area (TPSA) is 26.7 Å². The van der Waals surface area contributed by atoms with Crippen LogP contribution < -0.4 is 0 Å². The van der Waals surface area contributed by atoms with E-state index in [9.17, 15) is 5.11 Å². The van der Waals surface area contributed by atoms with E-state index in [1.807, 2.05) is 0 Å². The van der Waals surface area contributed by atoms with Crippen molar-refractivity contribution in [1.82, 2.24) is 9.80 Å². The molecule has 0 aromatic carbocycles. The molecule has 2 rings (SSSR count). The lowest BCUT2D eigenvalue weighted by molar-refractivity contribution is -0.0140. The predicted octanol–water partition coefficient (Wildman–Crippen LogP) is 0.146. The lowest BCUT2D eigenvalue weighted by Gasteiger charge is -2.46. The van der Waals surface area contributed by atoms with Gasteiger partial charge in [-0.1, -0.05) is 0 Å². The quantitative estimate of drug-likeness (QED) is 0.661. The summed E-state index contributed by atoms with van der Waals surface area (Å²) < 4.78 is 0. The lowest BCUT2D eigenvalue weighted by Crippen LogP contribution is -2.61. The molecule has 0 aromatic rings. The number of aliphatic hydroxyl groups is 1. The zero-order valence-electron chi connectivity index (χ0n) is 8.61. The third kappa shape index (κ3) is 1.73. The van der Waals surface area contributed by atoms with Crippen LogP contribution in [0.15, 0.2) is 0 Å². The molecule has 1 saturated heterocycles. The van der Waals surface area contributed by atoms with Crippen LogP contribution >= 0.6 is 0 Å². The van der Waals surface area contributed by atoms with Crippen molar-refractivity contribution in [2.45, 2.75) is 37.5 Å². The smallest absolute Gasteiger partial charge is 0.0695 e. The van der Waals surface area contributed by atoms with Crippen molar-refractivity contribution in [3.05, 3.63) is 0 Å². The minimum atomic E-state index is -0.0527. The summed E-state index contributed by atoms with van der Waals surface area (Å²) >= 11 is 0. The maximum atomic E-state index is 9.69. The Labute approximate surface area is 80.3 Å². The second-order valence-corrected chi connectivity index (χ2v) is 4.64. The van der Waals surface area contributed by atoms with Gasteiger partial charge in [0.05, 0.1) is 6.10 Å². The highest BCUT2D eigenvalue weighted by Crippen LogP contribution is 2.28. The normalized spacial score (nSPS) is 36.9. The zero-order chi connectivity index (χ0) is 9.42. The molecule has 1 heterocycles. The highest BCUT2D eigenvalue weighted by atomic mass is 16.3. The molecule has 3 nitrogen and oxygen atoms in total. The summed E-state index contributed by atoms with van der Waals surface area (Å²) in [5, 5.41) is 9.69. The van der Waals surface area contributed by atoms with Crippen LogP contribution in [0.5, 0.6) is 0 Å². The van der Waals surface area contributed by atoms with E-state index in [0.717, 1.165) is 19.5 Å². The number of hydrogen-bond donors (Lipinski definition) is 1. The first kappa shape index (κ1) is 9.44. The Morgan fingerprint density at radius 1 is 1.23 bits per heavy atom. The van der Waals surface area contributed by atoms with Crippen LogP contribution in [0.2, 0.25) is 0 Å². The van der Waals surface area contributed by atoms with Crippen molar-refractivity contribution in [3.8, 4) is 0 Å². The van der Waals surface area contributed by atoms with E-state index in [1.165, 1.54) is 12.8 Å². The van der Waals surface area contributed by atoms with Crippen molar-refractivity contribution >= 4 is 0 Å². The molecule has 2 fully saturated rings. The number of likely N-dealkylation sites (N-methyl/N-ethyl adjacent to an activating group) is 1. The van der Waals surface area contributed by atoms with Gasteiger partial charge in [-0.3, -0.25) is 4.90 Å². The third-order valence-corrected chi connectivity index (χ3v) is 3.53. The first-order chi connectivity index (χ1) is 6.18. The van der Waals surface area contributed by atoms with Crippen molar-refractivity contribution in [1.29, 1.82) is 0 Å². The Morgan fingerprint density at radius 2 is 1.92 bits per heavy atom. The van der Waals surface area contributed by atoms with Crippen LogP contribution in [0.25, 0.3) is 0 Å². The average molecular weight is 184 g/mol. The number of likely N-dealkylation sites (tertiary alicyclic amines) is 1. The van der Waals surface area contributed by atoms with Crippen LogP contribution in [-0.2, 0) is 0 Å². The van der Waals surface area contributed by atoms with Crippen molar-refractivity contribution in [3.63, 3.8) is 0 Å². The van der Waals surface area contributed by atoms with Gasteiger partial charge in [-0.05, 0) is 33.4 Å². The molecular weight excluding hydrogens is 164 g/mol. The molecule has 0 radical (unpaired) electrons. The molecule has 2 aliphatic rings.